The third kappa shape index (κ3) is 4.47. The van der Waals surface area contributed by atoms with Crippen LogP contribution in [0.25, 0.3) is 17.2 Å². The van der Waals surface area contributed by atoms with Gasteiger partial charge in [0.15, 0.2) is 11.5 Å². The summed E-state index contributed by atoms with van der Waals surface area (Å²) in [5.41, 5.74) is -0.774. The lowest BCUT2D eigenvalue weighted by Gasteiger charge is -2.52. The van der Waals surface area contributed by atoms with E-state index >= 15 is 0 Å². The van der Waals surface area contributed by atoms with Crippen molar-refractivity contribution < 1.29 is 38.4 Å². The summed E-state index contributed by atoms with van der Waals surface area (Å²) in [6.45, 7) is 0.156. The van der Waals surface area contributed by atoms with Gasteiger partial charge in [-0.05, 0) is 69.6 Å². The van der Waals surface area contributed by atoms with Crippen LogP contribution in [0.2, 0.25) is 0 Å². The first-order valence-electron chi connectivity index (χ1n) is 15.9. The Morgan fingerprint density at radius 1 is 0.745 bits per heavy atom. The van der Waals surface area contributed by atoms with Gasteiger partial charge < -0.3 is 23.8 Å². The molecule has 13 heteroatoms. The van der Waals surface area contributed by atoms with Crippen LogP contribution in [0.3, 0.4) is 0 Å². The highest BCUT2D eigenvalue weighted by Gasteiger charge is 2.71. The molecule has 1 atom stereocenters. The smallest absolute Gasteiger partial charge is 0.354 e. The van der Waals surface area contributed by atoms with Gasteiger partial charge >= 0.3 is 11.9 Å². The minimum atomic E-state index is -1.87. The number of carbonyl (C=O) groups is 2. The van der Waals surface area contributed by atoms with Crippen LogP contribution < -0.4 is 9.47 Å². The quantitative estimate of drug-likeness (QED) is 0.124. The Morgan fingerprint density at radius 3 is 1.84 bits per heavy atom. The van der Waals surface area contributed by atoms with E-state index in [1.807, 2.05) is 48.6 Å². The van der Waals surface area contributed by atoms with Gasteiger partial charge in [0.25, 0.3) is 11.4 Å². The second-order valence-electron chi connectivity index (χ2n) is 12.2. The zero-order chi connectivity index (χ0) is 36.2. The van der Waals surface area contributed by atoms with E-state index in [1.165, 1.54) is 52.7 Å². The molecule has 4 aromatic rings. The summed E-state index contributed by atoms with van der Waals surface area (Å²) in [5, 5.41) is 24.8. The fourth-order valence-corrected chi connectivity index (χ4v) is 8.19. The van der Waals surface area contributed by atoms with Crippen LogP contribution in [0.15, 0.2) is 96.2 Å². The van der Waals surface area contributed by atoms with E-state index in [2.05, 4.69) is 0 Å². The molecule has 0 fully saturated rings. The molecular formula is C38H31N3O10. The zero-order valence-corrected chi connectivity index (χ0v) is 28.0. The third-order valence-corrected chi connectivity index (χ3v) is 10.1. The number of esters is 2. The van der Waals surface area contributed by atoms with Gasteiger partial charge in [-0.3, -0.25) is 20.2 Å². The van der Waals surface area contributed by atoms with Gasteiger partial charge in [0.05, 0.1) is 49.3 Å². The van der Waals surface area contributed by atoms with Gasteiger partial charge in [0.1, 0.15) is 11.2 Å². The number of nitro groups is 2. The van der Waals surface area contributed by atoms with Crippen LogP contribution >= 0.6 is 0 Å². The Hall–Kier alpha value is -6.50. The number of benzene rings is 4. The molecule has 1 unspecified atom stereocenters. The molecule has 2 heterocycles. The summed E-state index contributed by atoms with van der Waals surface area (Å²) in [4.78, 5) is 54.2. The monoisotopic (exact) mass is 689 g/mol. The van der Waals surface area contributed by atoms with Gasteiger partial charge in [-0.1, -0.05) is 42.5 Å². The van der Waals surface area contributed by atoms with E-state index in [-0.39, 0.29) is 40.3 Å². The molecule has 0 saturated carbocycles. The number of hydrogen-bond acceptors (Lipinski definition) is 11. The van der Waals surface area contributed by atoms with Crippen molar-refractivity contribution >= 4 is 29.4 Å². The van der Waals surface area contributed by atoms with Gasteiger partial charge in [0.2, 0.25) is 0 Å². The molecular weight excluding hydrogens is 658 g/mol. The maximum absolute atomic E-state index is 14.5. The maximum Gasteiger partial charge on any atom is 0.354 e. The Kier molecular flexibility index (Phi) is 7.85. The molecule has 2 aliphatic heterocycles. The number of rotatable bonds is 8. The van der Waals surface area contributed by atoms with Crippen molar-refractivity contribution in [2.75, 3.05) is 35.0 Å². The second-order valence-corrected chi connectivity index (χ2v) is 12.2. The van der Waals surface area contributed by atoms with E-state index in [0.717, 1.165) is 11.1 Å². The van der Waals surface area contributed by atoms with Gasteiger partial charge in [-0.2, -0.15) is 0 Å². The fraction of sp³-hybridized carbons (Fsp3) is 0.211. The van der Waals surface area contributed by atoms with E-state index in [4.69, 9.17) is 18.9 Å². The van der Waals surface area contributed by atoms with Gasteiger partial charge in [-0.15, -0.1) is 0 Å². The van der Waals surface area contributed by atoms with Gasteiger partial charge in [-0.25, -0.2) is 9.59 Å². The molecule has 0 N–H and O–H groups in total. The van der Waals surface area contributed by atoms with E-state index in [9.17, 15) is 29.8 Å². The van der Waals surface area contributed by atoms with Crippen molar-refractivity contribution in [2.45, 2.75) is 17.4 Å². The topological polar surface area (TPSA) is 161 Å². The largest absolute Gasteiger partial charge is 0.493 e. The molecule has 0 saturated heterocycles. The molecule has 3 aliphatic rings. The number of nitro benzene ring substituents is 2. The van der Waals surface area contributed by atoms with Crippen molar-refractivity contribution in [1.82, 2.24) is 4.90 Å². The predicted octanol–water partition coefficient (Wildman–Crippen LogP) is 5.87. The molecule has 0 radical (unpaired) electrons. The summed E-state index contributed by atoms with van der Waals surface area (Å²) in [6, 6.07) is 21.5. The predicted molar refractivity (Wildman–Crippen MR) is 184 cm³/mol. The maximum atomic E-state index is 14.5. The molecule has 4 aromatic carbocycles. The van der Waals surface area contributed by atoms with Crippen LogP contribution in [-0.4, -0.2) is 61.7 Å². The van der Waals surface area contributed by atoms with Crippen LogP contribution in [0.5, 0.6) is 11.5 Å². The van der Waals surface area contributed by atoms with Crippen molar-refractivity contribution in [3.8, 4) is 22.6 Å². The van der Waals surface area contributed by atoms with Crippen LogP contribution in [0, 0.1) is 20.2 Å². The molecule has 51 heavy (non-hydrogen) atoms. The second kappa shape index (κ2) is 12.1. The molecule has 1 aliphatic carbocycles. The van der Waals surface area contributed by atoms with Crippen molar-refractivity contribution in [3.63, 3.8) is 0 Å². The lowest BCUT2D eigenvalue weighted by molar-refractivity contribution is -0.385. The number of hydrogen-bond donors (Lipinski definition) is 0. The first-order chi connectivity index (χ1) is 24.6. The minimum absolute atomic E-state index is 0.140. The van der Waals surface area contributed by atoms with E-state index < -0.39 is 32.7 Å². The van der Waals surface area contributed by atoms with Crippen LogP contribution in [0.1, 0.15) is 27.8 Å². The number of carbonyl (C=O) groups excluding carboxylic acids is 2. The standard InChI is InChI=1S/C38H31N3O10/c1-48-31-18-23-15-17-39-34(36(43)51-4)33(35(42)50-3)38(37(39,28(23)21-32(31)49-2)16-14-22-8-6-5-7-9-22)29-19-24(40(44)45)10-12-26(29)27-13-11-25(41(46)47)20-30(27)38/h5-14,16,18-21H,15,17H2,1-4H3/b16-14+. The average molecular weight is 690 g/mol. The number of nitrogens with zero attached hydrogens (tertiary/aromatic N) is 3. The highest BCUT2D eigenvalue weighted by molar-refractivity contribution is 6.08. The Morgan fingerprint density at radius 2 is 1.31 bits per heavy atom. The van der Waals surface area contributed by atoms with Crippen molar-refractivity contribution in [1.29, 1.82) is 0 Å². The molecule has 1 spiro atoms. The number of ether oxygens (including phenoxy) is 4. The number of non-ortho nitro benzene ring substituents is 2. The van der Waals surface area contributed by atoms with Crippen LogP contribution in [0.4, 0.5) is 11.4 Å². The average Bonchev–Trinajstić information content (AvgIpc) is 3.60. The minimum Gasteiger partial charge on any atom is -0.493 e. The fourth-order valence-electron chi connectivity index (χ4n) is 8.19. The third-order valence-electron chi connectivity index (χ3n) is 10.1. The molecule has 258 valence electrons. The lowest BCUT2D eigenvalue weighted by atomic mass is 9.56. The lowest BCUT2D eigenvalue weighted by Crippen LogP contribution is -2.57. The first kappa shape index (κ1) is 33.0. The first-order valence-corrected chi connectivity index (χ1v) is 15.9. The Balaban J connectivity index is 1.78. The van der Waals surface area contributed by atoms with E-state index in [1.54, 1.807) is 23.1 Å². The summed E-state index contributed by atoms with van der Waals surface area (Å²) in [6.07, 6.45) is 4.05. The molecule has 7 rings (SSSR count). The highest BCUT2D eigenvalue weighted by Crippen LogP contribution is 2.70. The zero-order valence-electron chi connectivity index (χ0n) is 28.0. The number of fused-ring (bicyclic) bond motifs is 9. The summed E-state index contributed by atoms with van der Waals surface area (Å²) in [7, 11) is 5.35. The van der Waals surface area contributed by atoms with Crippen molar-refractivity contribution in [2.24, 2.45) is 0 Å². The molecule has 13 nitrogen and oxygen atoms in total. The van der Waals surface area contributed by atoms with E-state index in [0.29, 0.717) is 34.6 Å². The Labute approximate surface area is 291 Å². The van der Waals surface area contributed by atoms with Crippen LogP contribution in [-0.2, 0) is 36.4 Å². The van der Waals surface area contributed by atoms with Crippen molar-refractivity contribution in [3.05, 3.63) is 144 Å². The SMILES string of the molecule is COC(=O)C1=C(C(=O)OC)C2(c3cc([N+](=O)[O-])ccc3-c3ccc([N+](=O)[O-])cc32)C2(/C=C/c3ccccc3)c3cc(OC)c(OC)cc3CCN12. The summed E-state index contributed by atoms with van der Waals surface area (Å²) >= 11 is 0. The highest BCUT2D eigenvalue weighted by atomic mass is 16.6. The summed E-state index contributed by atoms with van der Waals surface area (Å²) < 4.78 is 22.3. The Bertz CT molecular complexity index is 2160. The van der Waals surface area contributed by atoms with Gasteiger partial charge in [0, 0.05) is 30.8 Å². The molecule has 0 aromatic heterocycles. The normalized spacial score (nSPS) is 17.8. The number of methoxy groups -OCH3 is 4. The summed E-state index contributed by atoms with van der Waals surface area (Å²) in [5.74, 6) is -1.01. The molecule has 0 amide bonds. The molecule has 0 bridgehead atoms.